The summed E-state index contributed by atoms with van der Waals surface area (Å²) in [5, 5.41) is 11.3. The molecule has 9 rings (SSSR count). The van der Waals surface area contributed by atoms with E-state index in [-0.39, 0.29) is 18.4 Å². The average molecular weight is 651 g/mol. The van der Waals surface area contributed by atoms with Gasteiger partial charge in [0.1, 0.15) is 18.5 Å². The van der Waals surface area contributed by atoms with Crippen molar-refractivity contribution in [2.24, 2.45) is 0 Å². The number of hydrogen-bond acceptors (Lipinski definition) is 9. The minimum absolute atomic E-state index is 0.371. The number of nitrogens with zero attached hydrogens (tertiary/aromatic N) is 3. The number of likely N-dealkylation sites (tertiary alicyclic amines) is 3. The Bertz CT molecular complexity index is 1890. The summed E-state index contributed by atoms with van der Waals surface area (Å²) in [6.07, 6.45) is -0.406. The van der Waals surface area contributed by atoms with Crippen molar-refractivity contribution >= 4 is 35.3 Å². The van der Waals surface area contributed by atoms with E-state index in [1.165, 1.54) is 21.3 Å². The maximum absolute atomic E-state index is 13.6. The van der Waals surface area contributed by atoms with Gasteiger partial charge in [-0.3, -0.25) is 14.7 Å². The molecule has 3 N–H and O–H groups in total. The van der Waals surface area contributed by atoms with Gasteiger partial charge in [0.25, 0.3) is 0 Å². The van der Waals surface area contributed by atoms with Crippen LogP contribution in [0.2, 0.25) is 0 Å². The van der Waals surface area contributed by atoms with E-state index in [2.05, 4.69) is 64.5 Å². The van der Waals surface area contributed by atoms with Gasteiger partial charge in [0.2, 0.25) is 0 Å². The van der Waals surface area contributed by atoms with Gasteiger partial charge in [0, 0.05) is 36.7 Å². The number of ether oxygens (including phenoxy) is 3. The Labute approximate surface area is 278 Å². The summed E-state index contributed by atoms with van der Waals surface area (Å²) in [4.78, 5) is 45.4. The first kappa shape index (κ1) is 29.0. The van der Waals surface area contributed by atoms with Crippen LogP contribution < -0.4 is 16.0 Å². The number of nitrogens with one attached hydrogen (secondary N) is 3. The number of hydrogen-bond donors (Lipinski definition) is 3. The number of amides is 3. The van der Waals surface area contributed by atoms with E-state index in [9.17, 15) is 14.4 Å². The highest BCUT2D eigenvalue weighted by Crippen LogP contribution is 2.68. The van der Waals surface area contributed by atoms with Gasteiger partial charge >= 0.3 is 18.3 Å². The zero-order valence-corrected chi connectivity index (χ0v) is 27.1. The Hall–Kier alpha value is -5.13. The molecule has 6 heterocycles. The maximum atomic E-state index is 13.6. The fourth-order valence-electron chi connectivity index (χ4n) is 10.6. The number of benzene rings is 3. The van der Waals surface area contributed by atoms with Crippen molar-refractivity contribution in [2.45, 2.75) is 54.0 Å². The zero-order valence-electron chi connectivity index (χ0n) is 27.1. The van der Waals surface area contributed by atoms with Crippen LogP contribution in [0.3, 0.4) is 0 Å². The van der Waals surface area contributed by atoms with Crippen LogP contribution in [0.1, 0.15) is 41.5 Å². The minimum Gasteiger partial charge on any atom is -0.453 e. The van der Waals surface area contributed by atoms with Gasteiger partial charge in [-0.25, -0.2) is 14.4 Å². The molecule has 6 unspecified atom stereocenters. The highest BCUT2D eigenvalue weighted by Gasteiger charge is 2.74. The topological polar surface area (TPSA) is 125 Å². The first-order valence-electron chi connectivity index (χ1n) is 16.5. The first-order chi connectivity index (χ1) is 23.4. The number of rotatable bonds is 2. The Morgan fingerprint density at radius 3 is 1.67 bits per heavy atom. The van der Waals surface area contributed by atoms with E-state index in [1.54, 1.807) is 9.80 Å². The first-order valence-corrected chi connectivity index (χ1v) is 16.5. The molecule has 3 aromatic carbocycles. The number of carbonyl (C=O) groups excluding carboxylic acids is 3. The largest absolute Gasteiger partial charge is 0.453 e. The van der Waals surface area contributed by atoms with Gasteiger partial charge in [-0.2, -0.15) is 0 Å². The molecule has 6 atom stereocenters. The summed E-state index contributed by atoms with van der Waals surface area (Å²) in [6, 6.07) is 23.0. The summed E-state index contributed by atoms with van der Waals surface area (Å²) in [6.45, 7) is 1.50. The van der Waals surface area contributed by atoms with Gasteiger partial charge in [0.15, 0.2) is 0 Å². The second-order valence-corrected chi connectivity index (χ2v) is 13.6. The average Bonchev–Trinajstić information content (AvgIpc) is 3.94. The van der Waals surface area contributed by atoms with Gasteiger partial charge < -0.3 is 30.2 Å². The van der Waals surface area contributed by atoms with E-state index < -0.39 is 34.7 Å². The van der Waals surface area contributed by atoms with Gasteiger partial charge in [0.05, 0.1) is 37.6 Å². The lowest BCUT2D eigenvalue weighted by Gasteiger charge is -2.48. The van der Waals surface area contributed by atoms with Crippen LogP contribution >= 0.6 is 0 Å². The molecule has 0 bridgehead atoms. The summed E-state index contributed by atoms with van der Waals surface area (Å²) in [7, 11) is 4.25. The number of anilines is 3. The SMILES string of the molecule is COC(=O)N1CCC2(c3cccc4c3NC3N(C(=O)OC)CCC43C34CCN(C(=O)OC)C3Nc3ccccc34)c3ccccc3NC12. The lowest BCUT2D eigenvalue weighted by atomic mass is 9.54. The van der Waals surface area contributed by atoms with Crippen LogP contribution in [0.4, 0.5) is 31.4 Å². The van der Waals surface area contributed by atoms with Crippen molar-refractivity contribution < 1.29 is 28.6 Å². The van der Waals surface area contributed by atoms with E-state index >= 15 is 0 Å². The van der Waals surface area contributed by atoms with Crippen LogP contribution in [-0.2, 0) is 30.5 Å². The van der Waals surface area contributed by atoms with Gasteiger partial charge in [-0.1, -0.05) is 54.6 Å². The smallest absolute Gasteiger partial charge is 0.411 e. The van der Waals surface area contributed by atoms with Crippen LogP contribution in [0, 0.1) is 0 Å². The van der Waals surface area contributed by atoms with Crippen molar-refractivity contribution in [1.82, 2.24) is 14.7 Å². The molecular weight excluding hydrogens is 612 g/mol. The number of methoxy groups -OCH3 is 3. The van der Waals surface area contributed by atoms with Crippen molar-refractivity contribution in [3.05, 3.63) is 89.0 Å². The van der Waals surface area contributed by atoms with Crippen molar-refractivity contribution in [3.8, 4) is 0 Å². The lowest BCUT2D eigenvalue weighted by molar-refractivity contribution is 0.0908. The third-order valence-corrected chi connectivity index (χ3v) is 12.3. The fraction of sp³-hybridized carbons (Fsp3) is 0.417. The van der Waals surface area contributed by atoms with Crippen LogP contribution in [0.25, 0.3) is 0 Å². The van der Waals surface area contributed by atoms with E-state index in [4.69, 9.17) is 14.2 Å². The molecule has 3 saturated heterocycles. The fourth-order valence-corrected chi connectivity index (χ4v) is 10.6. The molecule has 0 saturated carbocycles. The Balaban J connectivity index is 1.30. The summed E-state index contributed by atoms with van der Waals surface area (Å²) >= 11 is 0. The quantitative estimate of drug-likeness (QED) is 0.335. The molecular formula is C36H38N6O6. The molecule has 3 aromatic rings. The summed E-state index contributed by atoms with van der Waals surface area (Å²) in [5.41, 5.74) is 5.46. The van der Waals surface area contributed by atoms with Crippen molar-refractivity contribution in [1.29, 1.82) is 0 Å². The normalized spacial score (nSPS) is 31.4. The predicted molar refractivity (Wildman–Crippen MR) is 177 cm³/mol. The second-order valence-electron chi connectivity index (χ2n) is 13.6. The molecule has 248 valence electrons. The monoisotopic (exact) mass is 650 g/mol. The van der Waals surface area contributed by atoms with E-state index in [1.807, 2.05) is 23.1 Å². The third kappa shape index (κ3) is 3.23. The molecule has 12 nitrogen and oxygen atoms in total. The molecule has 0 radical (unpaired) electrons. The molecule has 48 heavy (non-hydrogen) atoms. The number of para-hydroxylation sites is 3. The molecule has 3 fully saturated rings. The summed E-state index contributed by atoms with van der Waals surface area (Å²) in [5.74, 6) is 0. The Morgan fingerprint density at radius 1 is 0.562 bits per heavy atom. The number of carbonyl (C=O) groups is 3. The predicted octanol–water partition coefficient (Wildman–Crippen LogP) is 4.82. The summed E-state index contributed by atoms with van der Waals surface area (Å²) < 4.78 is 15.9. The lowest BCUT2D eigenvalue weighted by Crippen LogP contribution is -2.61. The van der Waals surface area contributed by atoms with Gasteiger partial charge in [-0.05, 0) is 53.6 Å². The zero-order chi connectivity index (χ0) is 33.0. The molecule has 0 aliphatic carbocycles. The third-order valence-electron chi connectivity index (χ3n) is 12.3. The van der Waals surface area contributed by atoms with Crippen molar-refractivity contribution in [2.75, 3.05) is 56.9 Å². The van der Waals surface area contributed by atoms with Crippen LogP contribution in [0.15, 0.2) is 66.7 Å². The van der Waals surface area contributed by atoms with E-state index in [0.717, 1.165) is 39.3 Å². The molecule has 3 amide bonds. The maximum Gasteiger partial charge on any atom is 0.411 e. The van der Waals surface area contributed by atoms with Gasteiger partial charge in [-0.15, -0.1) is 0 Å². The molecule has 0 spiro atoms. The Kier molecular flexibility index (Phi) is 6.02. The van der Waals surface area contributed by atoms with Crippen LogP contribution in [-0.4, -0.2) is 92.4 Å². The minimum atomic E-state index is -0.655. The Morgan fingerprint density at radius 2 is 1.02 bits per heavy atom. The molecule has 6 aliphatic heterocycles. The standard InChI is InChI=1S/C36H38N6O6/c1-46-31(43)40-18-15-34(21-9-4-6-13-25(21)37-28(34)40)23-11-8-12-24-27(23)39-30-36(24,17-20-42(30)33(45)48-3)35-16-19-41(32(44)47-2)29(35)38-26-14-7-5-10-22(26)35/h4-14,28-30,37-39H,15-20H2,1-3H3. The highest BCUT2D eigenvalue weighted by molar-refractivity contribution is 5.83. The van der Waals surface area contributed by atoms with E-state index in [0.29, 0.717) is 38.9 Å². The van der Waals surface area contributed by atoms with Crippen molar-refractivity contribution in [3.63, 3.8) is 0 Å². The highest BCUT2D eigenvalue weighted by atomic mass is 16.6. The molecule has 12 heteroatoms. The molecule has 6 aliphatic rings. The van der Waals surface area contributed by atoms with Crippen LogP contribution in [0.5, 0.6) is 0 Å². The second kappa shape index (κ2) is 9.94. The molecule has 0 aromatic heterocycles. The number of fused-ring (bicyclic) bond motifs is 10.